The Hall–Kier alpha value is -4.90. The van der Waals surface area contributed by atoms with Crippen LogP contribution in [0.5, 0.6) is 0 Å². The van der Waals surface area contributed by atoms with Gasteiger partial charge in [0.2, 0.25) is 5.82 Å². The van der Waals surface area contributed by atoms with Crippen molar-refractivity contribution in [2.45, 2.75) is 12.4 Å². The molecule has 0 aliphatic carbocycles. The van der Waals surface area contributed by atoms with E-state index in [0.29, 0.717) is 11.1 Å². The van der Waals surface area contributed by atoms with Crippen molar-refractivity contribution in [1.82, 2.24) is 14.5 Å². The number of fused-ring (bicyclic) bond motifs is 3. The van der Waals surface area contributed by atoms with E-state index >= 15 is 0 Å². The molecule has 0 saturated heterocycles. The molecule has 3 aromatic carbocycles. The van der Waals surface area contributed by atoms with Crippen LogP contribution in [-0.2, 0) is 12.4 Å². The Balaban J connectivity index is 1.78. The molecular formula is C26H11F6N5. The molecule has 0 aliphatic heterocycles. The topological polar surface area (TPSA) is 78.3 Å². The summed E-state index contributed by atoms with van der Waals surface area (Å²) in [4.78, 5) is 7.79. The van der Waals surface area contributed by atoms with E-state index < -0.39 is 23.5 Å². The summed E-state index contributed by atoms with van der Waals surface area (Å²) in [7, 11) is 0. The molecule has 0 atom stereocenters. The van der Waals surface area contributed by atoms with Crippen LogP contribution in [0.25, 0.3) is 38.6 Å². The molecular weight excluding hydrogens is 496 g/mol. The number of halogens is 6. The fraction of sp³-hybridized carbons (Fsp3) is 0.0769. The third kappa shape index (κ3) is 4.10. The second-order valence-electron chi connectivity index (χ2n) is 8.05. The zero-order valence-corrected chi connectivity index (χ0v) is 18.4. The Morgan fingerprint density at radius 2 is 1.19 bits per heavy atom. The third-order valence-corrected chi connectivity index (χ3v) is 5.86. The molecule has 0 fully saturated rings. The van der Waals surface area contributed by atoms with Gasteiger partial charge in [-0.25, -0.2) is 9.97 Å². The van der Waals surface area contributed by atoms with Crippen LogP contribution in [0.4, 0.5) is 26.3 Å². The number of hydrogen-bond acceptors (Lipinski definition) is 4. The minimum Gasteiger partial charge on any atom is -0.308 e. The van der Waals surface area contributed by atoms with Crippen LogP contribution in [0.1, 0.15) is 22.5 Å². The van der Waals surface area contributed by atoms with E-state index in [0.717, 1.165) is 24.3 Å². The summed E-state index contributed by atoms with van der Waals surface area (Å²) in [6.45, 7) is 0. The molecule has 0 unspecified atom stereocenters. The third-order valence-electron chi connectivity index (χ3n) is 5.86. The maximum Gasteiger partial charge on any atom is 0.416 e. The number of benzene rings is 3. The molecule has 5 nitrogen and oxygen atoms in total. The maximum absolute atomic E-state index is 13.4. The first-order valence-corrected chi connectivity index (χ1v) is 10.5. The van der Waals surface area contributed by atoms with E-state index in [1.807, 2.05) is 6.07 Å². The number of alkyl halides is 6. The van der Waals surface area contributed by atoms with Gasteiger partial charge in [0.25, 0.3) is 0 Å². The highest BCUT2D eigenvalue weighted by atomic mass is 19.4. The van der Waals surface area contributed by atoms with Crippen molar-refractivity contribution in [3.63, 3.8) is 0 Å². The van der Waals surface area contributed by atoms with Gasteiger partial charge in [0.15, 0.2) is 0 Å². The second kappa shape index (κ2) is 8.35. The molecule has 0 spiro atoms. The smallest absolute Gasteiger partial charge is 0.308 e. The molecule has 0 amide bonds. The molecule has 37 heavy (non-hydrogen) atoms. The number of aromatic nitrogens is 3. The molecule has 2 aromatic heterocycles. The zero-order valence-electron chi connectivity index (χ0n) is 18.4. The van der Waals surface area contributed by atoms with Crippen LogP contribution in [-0.4, -0.2) is 14.5 Å². The van der Waals surface area contributed by atoms with Gasteiger partial charge in [-0.1, -0.05) is 6.07 Å². The lowest BCUT2D eigenvalue weighted by molar-refractivity contribution is -0.138. The van der Waals surface area contributed by atoms with Crippen molar-refractivity contribution in [1.29, 1.82) is 10.5 Å². The number of rotatable bonds is 2. The van der Waals surface area contributed by atoms with E-state index in [9.17, 15) is 31.6 Å². The second-order valence-corrected chi connectivity index (χ2v) is 8.05. The van der Waals surface area contributed by atoms with Gasteiger partial charge in [-0.2, -0.15) is 36.9 Å². The van der Waals surface area contributed by atoms with Gasteiger partial charge in [0.05, 0.1) is 33.4 Å². The minimum absolute atomic E-state index is 0.0376. The molecule has 2 heterocycles. The van der Waals surface area contributed by atoms with Crippen LogP contribution < -0.4 is 0 Å². The first-order chi connectivity index (χ1) is 17.5. The van der Waals surface area contributed by atoms with E-state index in [4.69, 9.17) is 5.26 Å². The van der Waals surface area contributed by atoms with Gasteiger partial charge >= 0.3 is 12.4 Å². The first-order valence-electron chi connectivity index (χ1n) is 10.5. The lowest BCUT2D eigenvalue weighted by atomic mass is 10.0. The lowest BCUT2D eigenvalue weighted by Crippen LogP contribution is -2.04. The van der Waals surface area contributed by atoms with Gasteiger partial charge in [0.1, 0.15) is 12.1 Å². The zero-order chi connectivity index (χ0) is 26.5. The van der Waals surface area contributed by atoms with Crippen molar-refractivity contribution in [3.8, 4) is 29.0 Å². The normalized spacial score (nSPS) is 12.0. The summed E-state index contributed by atoms with van der Waals surface area (Å²) >= 11 is 0. The molecule has 5 rings (SSSR count). The molecule has 11 heteroatoms. The van der Waals surface area contributed by atoms with E-state index in [1.54, 1.807) is 18.2 Å². The summed E-state index contributed by atoms with van der Waals surface area (Å²) < 4.78 is 82.0. The molecule has 0 radical (unpaired) electrons. The summed E-state index contributed by atoms with van der Waals surface area (Å²) in [5, 5.41) is 18.7. The number of nitriles is 2. The summed E-state index contributed by atoms with van der Waals surface area (Å²) in [5.74, 6) is -0.0393. The van der Waals surface area contributed by atoms with Gasteiger partial charge < -0.3 is 4.57 Å². The quantitative estimate of drug-likeness (QED) is 0.241. The average Bonchev–Trinajstić information content (AvgIpc) is 3.20. The average molecular weight is 507 g/mol. The van der Waals surface area contributed by atoms with Crippen LogP contribution in [0.15, 0.2) is 67.0 Å². The monoisotopic (exact) mass is 507 g/mol. The van der Waals surface area contributed by atoms with Gasteiger partial charge in [-0.05, 0) is 54.1 Å². The van der Waals surface area contributed by atoms with Crippen LogP contribution in [0.2, 0.25) is 0 Å². The number of hydrogen-bond donors (Lipinski definition) is 0. The fourth-order valence-corrected chi connectivity index (χ4v) is 4.17. The Morgan fingerprint density at radius 3 is 1.65 bits per heavy atom. The Bertz CT molecular complexity index is 1700. The van der Waals surface area contributed by atoms with Crippen molar-refractivity contribution < 1.29 is 26.3 Å². The molecule has 182 valence electrons. The highest BCUT2D eigenvalue weighted by Gasteiger charge is 2.33. The van der Waals surface area contributed by atoms with Crippen molar-refractivity contribution in [2.75, 3.05) is 0 Å². The maximum atomic E-state index is 13.4. The van der Waals surface area contributed by atoms with Gasteiger partial charge in [-0.15, -0.1) is 0 Å². The summed E-state index contributed by atoms with van der Waals surface area (Å²) in [5.41, 5.74) is -0.193. The molecule has 0 saturated carbocycles. The highest BCUT2D eigenvalue weighted by Crippen LogP contribution is 2.40. The van der Waals surface area contributed by atoms with Crippen LogP contribution >= 0.6 is 0 Å². The van der Waals surface area contributed by atoms with Crippen molar-refractivity contribution in [2.24, 2.45) is 0 Å². The molecule has 0 N–H and O–H groups in total. The predicted octanol–water partition coefficient (Wildman–Crippen LogP) is 7.02. The first kappa shape index (κ1) is 23.8. The SMILES string of the molecule is N#Cc1ncc(-c2ccc(-n3c4ccc(C(F)(F)F)cc4c4cc(C(F)(F)F)ccc43)c(C#N)c2)cn1. The number of nitrogens with zero attached hydrogens (tertiary/aromatic N) is 5. The predicted molar refractivity (Wildman–Crippen MR) is 121 cm³/mol. The Labute approximate surface area is 204 Å². The van der Waals surface area contributed by atoms with Gasteiger partial charge in [0, 0.05) is 28.7 Å². The van der Waals surface area contributed by atoms with E-state index in [-0.39, 0.29) is 38.9 Å². The Morgan fingerprint density at radius 1 is 0.649 bits per heavy atom. The summed E-state index contributed by atoms with van der Waals surface area (Å²) in [6.07, 6.45) is -6.60. The molecule has 0 aliphatic rings. The highest BCUT2D eigenvalue weighted by molar-refractivity contribution is 6.10. The molecule has 5 aromatic rings. The van der Waals surface area contributed by atoms with E-state index in [2.05, 4.69) is 9.97 Å². The van der Waals surface area contributed by atoms with Crippen LogP contribution in [0, 0.1) is 22.7 Å². The van der Waals surface area contributed by atoms with Crippen LogP contribution in [0.3, 0.4) is 0 Å². The Kier molecular flexibility index (Phi) is 5.37. The summed E-state index contributed by atoms with van der Waals surface area (Å²) in [6, 6.07) is 14.2. The fourth-order valence-electron chi connectivity index (χ4n) is 4.17. The standard InChI is InChI=1S/C26H11F6N5/c27-25(28,29)17-2-5-22-19(8-17)20-9-18(26(30,31)32)3-6-23(20)37(22)21-4-1-14(7-15(21)10-33)16-12-35-24(11-34)36-13-16/h1-9,12-13H. The lowest BCUT2D eigenvalue weighted by Gasteiger charge is -2.12. The van der Waals surface area contributed by atoms with Gasteiger partial charge in [-0.3, -0.25) is 0 Å². The van der Waals surface area contributed by atoms with Crippen molar-refractivity contribution >= 4 is 21.8 Å². The minimum atomic E-state index is -4.70. The van der Waals surface area contributed by atoms with Crippen molar-refractivity contribution in [3.05, 3.63) is 89.5 Å². The van der Waals surface area contributed by atoms with E-state index in [1.165, 1.54) is 35.2 Å². The largest absolute Gasteiger partial charge is 0.416 e. The molecule has 0 bridgehead atoms.